The molecule has 3 rings (SSSR count). The predicted octanol–water partition coefficient (Wildman–Crippen LogP) is 3.27. The van der Waals surface area contributed by atoms with E-state index in [2.05, 4.69) is 15.5 Å². The van der Waals surface area contributed by atoms with Gasteiger partial charge >= 0.3 is 0 Å². The Morgan fingerprint density at radius 3 is 2.48 bits per heavy atom. The third-order valence-corrected chi connectivity index (χ3v) is 4.31. The summed E-state index contributed by atoms with van der Waals surface area (Å²) in [6.07, 6.45) is 0. The van der Waals surface area contributed by atoms with Gasteiger partial charge in [-0.1, -0.05) is 12.1 Å². The normalized spacial score (nSPS) is 15.5. The quantitative estimate of drug-likeness (QED) is 0.878. The molecule has 1 aliphatic heterocycles. The van der Waals surface area contributed by atoms with E-state index in [0.717, 1.165) is 48.9 Å². The predicted molar refractivity (Wildman–Crippen MR) is 102 cm³/mol. The molecule has 1 saturated heterocycles. The molecule has 1 heterocycles. The van der Waals surface area contributed by atoms with Crippen LogP contribution in [-0.4, -0.2) is 38.3 Å². The number of hydrogen-bond donors (Lipinski definition) is 2. The summed E-state index contributed by atoms with van der Waals surface area (Å²) in [5, 5.41) is 6.19. The summed E-state index contributed by atoms with van der Waals surface area (Å²) in [5.74, 6) is -0.0550. The van der Waals surface area contributed by atoms with Gasteiger partial charge in [-0.25, -0.2) is 0 Å². The smallest absolute Gasteiger partial charge is 0.246 e. The number of aryl methyl sites for hydroxylation is 1. The van der Waals surface area contributed by atoms with Gasteiger partial charge in [0.1, 0.15) is 6.04 Å². The van der Waals surface area contributed by atoms with Crippen molar-refractivity contribution in [3.05, 3.63) is 54.1 Å². The summed E-state index contributed by atoms with van der Waals surface area (Å²) in [6.45, 7) is 7.24. The van der Waals surface area contributed by atoms with Crippen LogP contribution < -0.4 is 15.5 Å². The first kappa shape index (κ1) is 17.3. The standard InChI is InChI=1S/C20H25N3O2/c1-15-4-3-5-18(14-15)21-16(2)20(24)22-17-6-8-19(9-7-17)23-10-12-25-13-11-23/h3-9,14,16,21H,10-13H2,1-2H3,(H,22,24). The molecule has 5 heteroatoms. The van der Waals surface area contributed by atoms with Gasteiger partial charge in [0.05, 0.1) is 13.2 Å². The van der Waals surface area contributed by atoms with E-state index in [1.54, 1.807) is 0 Å². The zero-order chi connectivity index (χ0) is 17.6. The van der Waals surface area contributed by atoms with Crippen LogP contribution in [0.25, 0.3) is 0 Å². The number of amides is 1. The number of benzene rings is 2. The van der Waals surface area contributed by atoms with Crippen molar-refractivity contribution in [3.63, 3.8) is 0 Å². The number of hydrogen-bond acceptors (Lipinski definition) is 4. The van der Waals surface area contributed by atoms with Gasteiger partial charge in [0.25, 0.3) is 0 Å². The first-order valence-electron chi connectivity index (χ1n) is 8.68. The van der Waals surface area contributed by atoms with Crippen LogP contribution in [0.1, 0.15) is 12.5 Å². The molecular formula is C20H25N3O2. The Hall–Kier alpha value is -2.53. The Kier molecular flexibility index (Phi) is 5.56. The average molecular weight is 339 g/mol. The van der Waals surface area contributed by atoms with Crippen LogP contribution in [0.15, 0.2) is 48.5 Å². The topological polar surface area (TPSA) is 53.6 Å². The van der Waals surface area contributed by atoms with E-state index in [4.69, 9.17) is 4.74 Å². The second-order valence-electron chi connectivity index (χ2n) is 6.37. The van der Waals surface area contributed by atoms with Crippen LogP contribution >= 0.6 is 0 Å². The van der Waals surface area contributed by atoms with Crippen LogP contribution in [0.2, 0.25) is 0 Å². The minimum absolute atomic E-state index is 0.0550. The number of carbonyl (C=O) groups is 1. The lowest BCUT2D eigenvalue weighted by atomic mass is 10.2. The molecule has 1 aliphatic rings. The lowest BCUT2D eigenvalue weighted by molar-refractivity contribution is -0.116. The maximum Gasteiger partial charge on any atom is 0.246 e. The third kappa shape index (κ3) is 4.73. The van der Waals surface area contributed by atoms with Crippen LogP contribution in [0.3, 0.4) is 0 Å². The molecule has 0 aromatic heterocycles. The fourth-order valence-corrected chi connectivity index (χ4v) is 2.88. The summed E-state index contributed by atoms with van der Waals surface area (Å²) >= 11 is 0. The van der Waals surface area contributed by atoms with E-state index in [0.29, 0.717) is 0 Å². The van der Waals surface area contributed by atoms with Gasteiger partial charge in [-0.15, -0.1) is 0 Å². The Morgan fingerprint density at radius 2 is 1.80 bits per heavy atom. The lowest BCUT2D eigenvalue weighted by Crippen LogP contribution is -2.36. The minimum atomic E-state index is -0.319. The van der Waals surface area contributed by atoms with Crippen molar-refractivity contribution in [2.75, 3.05) is 41.8 Å². The molecule has 0 aliphatic carbocycles. The molecule has 0 saturated carbocycles. The van der Waals surface area contributed by atoms with Crippen LogP contribution in [-0.2, 0) is 9.53 Å². The maximum absolute atomic E-state index is 12.4. The second kappa shape index (κ2) is 8.03. The molecular weight excluding hydrogens is 314 g/mol. The zero-order valence-electron chi connectivity index (χ0n) is 14.8. The molecule has 1 amide bonds. The molecule has 0 radical (unpaired) electrons. The summed E-state index contributed by atoms with van der Waals surface area (Å²) in [6, 6.07) is 15.7. The third-order valence-electron chi connectivity index (χ3n) is 4.31. The van der Waals surface area contributed by atoms with Crippen molar-refractivity contribution in [2.45, 2.75) is 19.9 Å². The van der Waals surface area contributed by atoms with Gasteiger partial charge in [0, 0.05) is 30.2 Å². The molecule has 1 unspecified atom stereocenters. The van der Waals surface area contributed by atoms with Gasteiger partial charge in [0.15, 0.2) is 0 Å². The van der Waals surface area contributed by atoms with E-state index < -0.39 is 0 Å². The average Bonchev–Trinajstić information content (AvgIpc) is 2.63. The number of carbonyl (C=O) groups excluding carboxylic acids is 1. The monoisotopic (exact) mass is 339 g/mol. The first-order chi connectivity index (χ1) is 12.1. The number of nitrogens with one attached hydrogen (secondary N) is 2. The lowest BCUT2D eigenvalue weighted by Gasteiger charge is -2.29. The highest BCUT2D eigenvalue weighted by atomic mass is 16.5. The van der Waals surface area contributed by atoms with Crippen molar-refractivity contribution >= 4 is 23.0 Å². The van der Waals surface area contributed by atoms with Gasteiger partial charge in [-0.2, -0.15) is 0 Å². The van der Waals surface area contributed by atoms with E-state index in [1.165, 1.54) is 0 Å². The van der Waals surface area contributed by atoms with E-state index in [-0.39, 0.29) is 11.9 Å². The van der Waals surface area contributed by atoms with Crippen molar-refractivity contribution in [3.8, 4) is 0 Å². The first-order valence-corrected chi connectivity index (χ1v) is 8.68. The van der Waals surface area contributed by atoms with E-state index in [1.807, 2.05) is 62.4 Å². The number of ether oxygens (including phenoxy) is 1. The number of anilines is 3. The Labute approximate surface area is 149 Å². The largest absolute Gasteiger partial charge is 0.378 e. The molecule has 25 heavy (non-hydrogen) atoms. The SMILES string of the molecule is Cc1cccc(NC(C)C(=O)Nc2ccc(N3CCOCC3)cc2)c1. The molecule has 1 fully saturated rings. The van der Waals surface area contributed by atoms with Gasteiger partial charge < -0.3 is 20.3 Å². The molecule has 2 aromatic rings. The molecule has 1 atom stereocenters. The zero-order valence-corrected chi connectivity index (χ0v) is 14.8. The Bertz CT molecular complexity index is 709. The Morgan fingerprint density at radius 1 is 1.08 bits per heavy atom. The summed E-state index contributed by atoms with van der Waals surface area (Å²) in [7, 11) is 0. The number of rotatable bonds is 5. The fraction of sp³-hybridized carbons (Fsp3) is 0.350. The summed E-state index contributed by atoms with van der Waals surface area (Å²) in [4.78, 5) is 14.7. The van der Waals surface area contributed by atoms with Crippen molar-refractivity contribution < 1.29 is 9.53 Å². The molecule has 0 spiro atoms. The fourth-order valence-electron chi connectivity index (χ4n) is 2.88. The van der Waals surface area contributed by atoms with Gasteiger partial charge in [0.2, 0.25) is 5.91 Å². The molecule has 5 nitrogen and oxygen atoms in total. The van der Waals surface area contributed by atoms with Crippen LogP contribution in [0, 0.1) is 6.92 Å². The maximum atomic E-state index is 12.4. The van der Waals surface area contributed by atoms with E-state index >= 15 is 0 Å². The number of nitrogens with zero attached hydrogens (tertiary/aromatic N) is 1. The highest BCUT2D eigenvalue weighted by molar-refractivity contribution is 5.96. The minimum Gasteiger partial charge on any atom is -0.378 e. The summed E-state index contributed by atoms with van der Waals surface area (Å²) in [5.41, 5.74) is 4.08. The van der Waals surface area contributed by atoms with Gasteiger partial charge in [-0.05, 0) is 55.8 Å². The van der Waals surface area contributed by atoms with Crippen LogP contribution in [0.4, 0.5) is 17.1 Å². The molecule has 0 bridgehead atoms. The van der Waals surface area contributed by atoms with Crippen LogP contribution in [0.5, 0.6) is 0 Å². The molecule has 2 aromatic carbocycles. The highest BCUT2D eigenvalue weighted by Gasteiger charge is 2.14. The van der Waals surface area contributed by atoms with Crippen molar-refractivity contribution in [2.24, 2.45) is 0 Å². The van der Waals surface area contributed by atoms with E-state index in [9.17, 15) is 4.79 Å². The highest BCUT2D eigenvalue weighted by Crippen LogP contribution is 2.19. The summed E-state index contributed by atoms with van der Waals surface area (Å²) < 4.78 is 5.37. The van der Waals surface area contributed by atoms with Crippen molar-refractivity contribution in [1.82, 2.24) is 0 Å². The molecule has 2 N–H and O–H groups in total. The Balaban J connectivity index is 1.56. The van der Waals surface area contributed by atoms with Crippen molar-refractivity contribution in [1.29, 1.82) is 0 Å². The second-order valence-corrected chi connectivity index (χ2v) is 6.37. The van der Waals surface area contributed by atoms with Gasteiger partial charge in [-0.3, -0.25) is 4.79 Å². The number of morpholine rings is 1. The molecule has 132 valence electrons.